The molecule has 2 aromatic rings. The molecule has 0 unspecified atom stereocenters. The topological polar surface area (TPSA) is 43.8 Å². The van der Waals surface area contributed by atoms with Crippen molar-refractivity contribution in [3.05, 3.63) is 23.8 Å². The zero-order valence-electron chi connectivity index (χ0n) is 10.3. The molecule has 1 heterocycles. The van der Waals surface area contributed by atoms with Crippen LogP contribution in [0, 0.1) is 12.8 Å². The number of fused-ring (bicyclic) bond motifs is 1. The van der Waals surface area contributed by atoms with Gasteiger partial charge in [0.25, 0.3) is 0 Å². The standard InChI is InChI=1S/C14H19N3/c1-10-4-7-12-13(9-10)17(14(15)16-12)8-2-3-11-5-6-11/h4,7,9,11H,2-3,5-6,8H2,1H3,(H2,15,16). The molecule has 0 aliphatic heterocycles. The summed E-state index contributed by atoms with van der Waals surface area (Å²) in [6, 6.07) is 6.32. The highest BCUT2D eigenvalue weighted by Gasteiger charge is 2.20. The van der Waals surface area contributed by atoms with Gasteiger partial charge in [-0.25, -0.2) is 4.98 Å². The SMILES string of the molecule is Cc1ccc2nc(N)n(CCCC3CC3)c2c1. The van der Waals surface area contributed by atoms with Crippen LogP contribution in [0.1, 0.15) is 31.2 Å². The quantitative estimate of drug-likeness (QED) is 0.875. The van der Waals surface area contributed by atoms with E-state index in [9.17, 15) is 0 Å². The molecule has 0 spiro atoms. The minimum Gasteiger partial charge on any atom is -0.369 e. The van der Waals surface area contributed by atoms with Gasteiger partial charge >= 0.3 is 0 Å². The summed E-state index contributed by atoms with van der Waals surface area (Å²) in [5.41, 5.74) is 9.44. The average Bonchev–Trinajstić information content (AvgIpc) is 3.06. The zero-order chi connectivity index (χ0) is 11.8. The van der Waals surface area contributed by atoms with Crippen molar-refractivity contribution in [3.8, 4) is 0 Å². The van der Waals surface area contributed by atoms with Crippen molar-refractivity contribution in [1.82, 2.24) is 9.55 Å². The highest BCUT2D eigenvalue weighted by atomic mass is 15.1. The Morgan fingerprint density at radius 3 is 3.00 bits per heavy atom. The van der Waals surface area contributed by atoms with Crippen LogP contribution in [0.25, 0.3) is 11.0 Å². The second-order valence-electron chi connectivity index (χ2n) is 5.20. The second kappa shape index (κ2) is 4.06. The first-order chi connectivity index (χ1) is 8.24. The van der Waals surface area contributed by atoms with E-state index in [4.69, 9.17) is 5.73 Å². The van der Waals surface area contributed by atoms with Gasteiger partial charge in [-0.3, -0.25) is 0 Å². The molecule has 1 fully saturated rings. The van der Waals surface area contributed by atoms with E-state index < -0.39 is 0 Å². The molecule has 0 bridgehead atoms. The number of nitrogens with two attached hydrogens (primary N) is 1. The normalized spacial score (nSPS) is 15.6. The second-order valence-corrected chi connectivity index (χ2v) is 5.20. The predicted molar refractivity (Wildman–Crippen MR) is 70.8 cm³/mol. The van der Waals surface area contributed by atoms with Crippen LogP contribution in [0.15, 0.2) is 18.2 Å². The first-order valence-electron chi connectivity index (χ1n) is 6.46. The number of anilines is 1. The maximum Gasteiger partial charge on any atom is 0.201 e. The molecule has 90 valence electrons. The number of rotatable bonds is 4. The summed E-state index contributed by atoms with van der Waals surface area (Å²) in [7, 11) is 0. The largest absolute Gasteiger partial charge is 0.369 e. The molecule has 0 saturated heterocycles. The van der Waals surface area contributed by atoms with Gasteiger partial charge in [0.2, 0.25) is 5.95 Å². The number of nitrogen functional groups attached to an aromatic ring is 1. The van der Waals surface area contributed by atoms with E-state index in [1.165, 1.54) is 36.8 Å². The van der Waals surface area contributed by atoms with Crippen molar-refractivity contribution < 1.29 is 0 Å². The van der Waals surface area contributed by atoms with Crippen molar-refractivity contribution in [2.75, 3.05) is 5.73 Å². The number of nitrogens with zero attached hydrogens (tertiary/aromatic N) is 2. The smallest absolute Gasteiger partial charge is 0.201 e. The Kier molecular flexibility index (Phi) is 2.54. The Morgan fingerprint density at radius 1 is 1.41 bits per heavy atom. The van der Waals surface area contributed by atoms with Gasteiger partial charge < -0.3 is 10.3 Å². The van der Waals surface area contributed by atoms with Gasteiger partial charge in [0.05, 0.1) is 11.0 Å². The van der Waals surface area contributed by atoms with Gasteiger partial charge in [-0.15, -0.1) is 0 Å². The van der Waals surface area contributed by atoms with Gasteiger partial charge in [-0.1, -0.05) is 18.9 Å². The number of imidazole rings is 1. The van der Waals surface area contributed by atoms with Crippen LogP contribution >= 0.6 is 0 Å². The number of hydrogen-bond acceptors (Lipinski definition) is 2. The molecule has 1 saturated carbocycles. The Hall–Kier alpha value is -1.51. The molecule has 2 N–H and O–H groups in total. The van der Waals surface area contributed by atoms with Crippen molar-refractivity contribution in [2.45, 2.75) is 39.2 Å². The average molecular weight is 229 g/mol. The van der Waals surface area contributed by atoms with Crippen LogP contribution in [0.2, 0.25) is 0 Å². The first kappa shape index (κ1) is 10.6. The van der Waals surface area contributed by atoms with E-state index >= 15 is 0 Å². The molecule has 1 aliphatic carbocycles. The van der Waals surface area contributed by atoms with Gasteiger partial charge in [0.1, 0.15) is 0 Å². The molecule has 0 atom stereocenters. The Morgan fingerprint density at radius 2 is 2.24 bits per heavy atom. The van der Waals surface area contributed by atoms with Crippen LogP contribution in [0.5, 0.6) is 0 Å². The summed E-state index contributed by atoms with van der Waals surface area (Å²) >= 11 is 0. The third-order valence-corrected chi connectivity index (χ3v) is 3.62. The van der Waals surface area contributed by atoms with Gasteiger partial charge in [0.15, 0.2) is 0 Å². The van der Waals surface area contributed by atoms with E-state index in [0.717, 1.165) is 18.0 Å². The molecule has 3 heteroatoms. The van der Waals surface area contributed by atoms with Crippen LogP contribution in [0.4, 0.5) is 5.95 Å². The maximum absolute atomic E-state index is 5.99. The number of hydrogen-bond donors (Lipinski definition) is 1. The lowest BCUT2D eigenvalue weighted by atomic mass is 10.2. The lowest BCUT2D eigenvalue weighted by Crippen LogP contribution is -2.03. The van der Waals surface area contributed by atoms with E-state index in [1.54, 1.807) is 0 Å². The molecule has 1 aromatic heterocycles. The van der Waals surface area contributed by atoms with Crippen molar-refractivity contribution in [3.63, 3.8) is 0 Å². The number of benzene rings is 1. The van der Waals surface area contributed by atoms with Crippen molar-refractivity contribution in [2.24, 2.45) is 5.92 Å². The van der Waals surface area contributed by atoms with E-state index in [2.05, 4.69) is 34.7 Å². The lowest BCUT2D eigenvalue weighted by Gasteiger charge is -2.06. The molecule has 1 aromatic carbocycles. The summed E-state index contributed by atoms with van der Waals surface area (Å²) in [6.45, 7) is 3.11. The molecule has 3 nitrogen and oxygen atoms in total. The fraction of sp³-hybridized carbons (Fsp3) is 0.500. The Balaban J connectivity index is 1.84. The third kappa shape index (κ3) is 2.14. The molecule has 0 amide bonds. The highest BCUT2D eigenvalue weighted by molar-refractivity contribution is 5.79. The lowest BCUT2D eigenvalue weighted by molar-refractivity contribution is 0.590. The Labute approximate surface area is 102 Å². The minimum atomic E-state index is 0.654. The summed E-state index contributed by atoms with van der Waals surface area (Å²) in [5, 5.41) is 0. The monoisotopic (exact) mass is 229 g/mol. The van der Waals surface area contributed by atoms with Crippen molar-refractivity contribution in [1.29, 1.82) is 0 Å². The molecule has 0 radical (unpaired) electrons. The molecular weight excluding hydrogens is 210 g/mol. The summed E-state index contributed by atoms with van der Waals surface area (Å²) in [5.74, 6) is 1.65. The number of aryl methyl sites for hydroxylation is 2. The highest BCUT2D eigenvalue weighted by Crippen LogP contribution is 2.33. The minimum absolute atomic E-state index is 0.654. The van der Waals surface area contributed by atoms with E-state index in [0.29, 0.717) is 5.95 Å². The molecule has 3 rings (SSSR count). The summed E-state index contributed by atoms with van der Waals surface area (Å²) < 4.78 is 2.16. The van der Waals surface area contributed by atoms with E-state index in [-0.39, 0.29) is 0 Å². The zero-order valence-corrected chi connectivity index (χ0v) is 10.3. The van der Waals surface area contributed by atoms with Gasteiger partial charge in [0, 0.05) is 6.54 Å². The van der Waals surface area contributed by atoms with Gasteiger partial charge in [-0.05, 0) is 43.4 Å². The maximum atomic E-state index is 5.99. The molecular formula is C14H19N3. The number of aromatic nitrogens is 2. The summed E-state index contributed by atoms with van der Waals surface area (Å²) in [4.78, 5) is 4.41. The molecule has 1 aliphatic rings. The van der Waals surface area contributed by atoms with Crippen LogP contribution in [-0.2, 0) is 6.54 Å². The summed E-state index contributed by atoms with van der Waals surface area (Å²) in [6.07, 6.45) is 5.41. The van der Waals surface area contributed by atoms with Crippen LogP contribution in [-0.4, -0.2) is 9.55 Å². The van der Waals surface area contributed by atoms with Gasteiger partial charge in [-0.2, -0.15) is 0 Å². The predicted octanol–water partition coefficient (Wildman–Crippen LogP) is 3.12. The molecule has 17 heavy (non-hydrogen) atoms. The van der Waals surface area contributed by atoms with E-state index in [1.807, 2.05) is 0 Å². The fourth-order valence-electron chi connectivity index (χ4n) is 2.43. The fourth-order valence-corrected chi connectivity index (χ4v) is 2.43. The van der Waals surface area contributed by atoms with Crippen LogP contribution in [0.3, 0.4) is 0 Å². The third-order valence-electron chi connectivity index (χ3n) is 3.62. The van der Waals surface area contributed by atoms with Crippen molar-refractivity contribution >= 4 is 17.0 Å². The first-order valence-corrected chi connectivity index (χ1v) is 6.46. The Bertz CT molecular complexity index is 538. The van der Waals surface area contributed by atoms with Crippen LogP contribution < -0.4 is 5.73 Å².